The summed E-state index contributed by atoms with van der Waals surface area (Å²) in [6, 6.07) is 7.35. The fourth-order valence-electron chi connectivity index (χ4n) is 4.20. The van der Waals surface area contributed by atoms with Crippen LogP contribution in [0.5, 0.6) is 5.75 Å². The van der Waals surface area contributed by atoms with E-state index < -0.39 is 5.72 Å². The second-order valence-corrected chi connectivity index (χ2v) is 7.66. The first-order valence-corrected chi connectivity index (χ1v) is 9.72. The lowest BCUT2D eigenvalue weighted by Gasteiger charge is -2.38. The van der Waals surface area contributed by atoms with Crippen LogP contribution in [-0.4, -0.2) is 47.5 Å². The Bertz CT molecular complexity index is 759. The summed E-state index contributed by atoms with van der Waals surface area (Å²) < 4.78 is 6.11. The van der Waals surface area contributed by atoms with Gasteiger partial charge in [0.25, 0.3) is 5.91 Å². The number of carbonyl (C=O) groups is 3. The molecule has 2 fully saturated rings. The van der Waals surface area contributed by atoms with Gasteiger partial charge < -0.3 is 20.3 Å². The summed E-state index contributed by atoms with van der Waals surface area (Å²) in [5, 5.41) is 5.96. The van der Waals surface area contributed by atoms with Gasteiger partial charge in [0.1, 0.15) is 5.75 Å². The van der Waals surface area contributed by atoms with Crippen molar-refractivity contribution in [3.8, 4) is 5.75 Å². The molecule has 7 nitrogen and oxygen atoms in total. The van der Waals surface area contributed by atoms with E-state index in [0.717, 1.165) is 25.7 Å². The van der Waals surface area contributed by atoms with Crippen molar-refractivity contribution in [3.63, 3.8) is 0 Å². The van der Waals surface area contributed by atoms with Crippen molar-refractivity contribution in [1.82, 2.24) is 15.5 Å². The second kappa shape index (κ2) is 7.21. The van der Waals surface area contributed by atoms with E-state index in [1.54, 1.807) is 23.1 Å². The fourth-order valence-corrected chi connectivity index (χ4v) is 4.20. The van der Waals surface area contributed by atoms with Crippen molar-refractivity contribution in [2.24, 2.45) is 0 Å². The number of nitrogens with one attached hydrogen (secondary N) is 2. The molecule has 0 radical (unpaired) electrons. The number of carbonyl (C=O) groups excluding carboxylic acids is 3. The van der Waals surface area contributed by atoms with Gasteiger partial charge in [0.15, 0.2) is 5.72 Å². The summed E-state index contributed by atoms with van der Waals surface area (Å²) in [5.74, 6) is 0.174. The highest BCUT2D eigenvalue weighted by Crippen LogP contribution is 2.33. The highest BCUT2D eigenvalue weighted by atomic mass is 16.5. The number of ether oxygens (including phenoxy) is 1. The maximum absolute atomic E-state index is 12.5. The zero-order chi connectivity index (χ0) is 18.9. The number of nitrogens with zero attached hydrogens (tertiary/aromatic N) is 1. The lowest BCUT2D eigenvalue weighted by molar-refractivity contribution is -0.135. The van der Waals surface area contributed by atoms with Crippen LogP contribution in [0.3, 0.4) is 0 Å². The molecule has 4 rings (SSSR count). The minimum atomic E-state index is -0.891. The van der Waals surface area contributed by atoms with Crippen LogP contribution < -0.4 is 15.4 Å². The Balaban J connectivity index is 1.41. The standard InChI is InChI=1S/C20H25N3O4/c24-17(21-14-5-1-2-6-14)13-23-12-11-20(10-9-18(23)25)22-19(26)15-7-3-4-8-16(15)27-20/h3-4,7-8,14H,1-2,5-6,9-13H2,(H,21,24)(H,22,26)/t20-/m1/s1. The lowest BCUT2D eigenvalue weighted by atomic mass is 10.0. The van der Waals surface area contributed by atoms with E-state index in [4.69, 9.17) is 4.74 Å². The number of benzene rings is 1. The van der Waals surface area contributed by atoms with E-state index in [1.807, 2.05) is 6.07 Å². The molecule has 1 aliphatic carbocycles. The average Bonchev–Trinajstić information content (AvgIpc) is 3.11. The first kappa shape index (κ1) is 17.8. The number of rotatable bonds is 3. The molecule has 3 aliphatic rings. The second-order valence-electron chi connectivity index (χ2n) is 7.66. The van der Waals surface area contributed by atoms with E-state index >= 15 is 0 Å². The molecule has 1 saturated carbocycles. The molecule has 1 aromatic carbocycles. The van der Waals surface area contributed by atoms with Crippen LogP contribution in [0, 0.1) is 0 Å². The maximum atomic E-state index is 12.5. The predicted molar refractivity (Wildman–Crippen MR) is 98.1 cm³/mol. The number of fused-ring (bicyclic) bond motifs is 1. The number of hydrogen-bond acceptors (Lipinski definition) is 4. The molecule has 0 aromatic heterocycles. The van der Waals surface area contributed by atoms with E-state index in [9.17, 15) is 14.4 Å². The van der Waals surface area contributed by atoms with Crippen molar-refractivity contribution in [2.45, 2.75) is 56.7 Å². The summed E-state index contributed by atoms with van der Waals surface area (Å²) in [6.07, 6.45) is 5.41. The van der Waals surface area contributed by atoms with Gasteiger partial charge >= 0.3 is 0 Å². The van der Waals surface area contributed by atoms with Crippen LogP contribution in [0.25, 0.3) is 0 Å². The van der Waals surface area contributed by atoms with Gasteiger partial charge in [0, 0.05) is 31.8 Å². The average molecular weight is 371 g/mol. The topological polar surface area (TPSA) is 87.7 Å². The molecule has 1 spiro atoms. The molecule has 27 heavy (non-hydrogen) atoms. The summed E-state index contributed by atoms with van der Waals surface area (Å²) in [6.45, 7) is 0.440. The van der Waals surface area contributed by atoms with Crippen LogP contribution in [0.15, 0.2) is 24.3 Å². The SMILES string of the molecule is O=C(CN1CC[C@]2(CCC1=O)NC(=O)c1ccccc1O2)NC1CCCC1. The Hall–Kier alpha value is -2.57. The number of para-hydroxylation sites is 1. The van der Waals surface area contributed by atoms with Gasteiger partial charge in [-0.2, -0.15) is 0 Å². The predicted octanol–water partition coefficient (Wildman–Crippen LogP) is 1.58. The third-order valence-electron chi connectivity index (χ3n) is 5.71. The van der Waals surface area contributed by atoms with E-state index in [0.29, 0.717) is 30.7 Å². The smallest absolute Gasteiger partial charge is 0.258 e. The Morgan fingerprint density at radius 3 is 2.81 bits per heavy atom. The Morgan fingerprint density at radius 2 is 2.00 bits per heavy atom. The molecule has 0 bridgehead atoms. The molecule has 1 atom stereocenters. The molecule has 2 aliphatic heterocycles. The van der Waals surface area contributed by atoms with Crippen LogP contribution >= 0.6 is 0 Å². The molecular formula is C20H25N3O4. The highest BCUT2D eigenvalue weighted by molar-refractivity contribution is 5.98. The zero-order valence-electron chi connectivity index (χ0n) is 15.3. The van der Waals surface area contributed by atoms with Crippen LogP contribution in [0.4, 0.5) is 0 Å². The van der Waals surface area contributed by atoms with Gasteiger partial charge in [-0.25, -0.2) is 0 Å². The highest BCUT2D eigenvalue weighted by Gasteiger charge is 2.42. The van der Waals surface area contributed by atoms with Gasteiger partial charge in [0.2, 0.25) is 11.8 Å². The molecule has 1 aromatic rings. The minimum absolute atomic E-state index is 0.0654. The molecule has 7 heteroatoms. The van der Waals surface area contributed by atoms with Gasteiger partial charge in [-0.05, 0) is 25.0 Å². The summed E-state index contributed by atoms with van der Waals surface area (Å²) >= 11 is 0. The van der Waals surface area contributed by atoms with Gasteiger partial charge in [-0.15, -0.1) is 0 Å². The van der Waals surface area contributed by atoms with Crippen molar-refractivity contribution < 1.29 is 19.1 Å². The summed E-state index contributed by atoms with van der Waals surface area (Å²) in [4.78, 5) is 38.9. The molecule has 2 heterocycles. The van der Waals surface area contributed by atoms with Crippen LogP contribution in [0.1, 0.15) is 55.3 Å². The van der Waals surface area contributed by atoms with Gasteiger partial charge in [-0.1, -0.05) is 25.0 Å². The molecule has 1 saturated heterocycles. The lowest BCUT2D eigenvalue weighted by Crippen LogP contribution is -2.56. The Labute approximate surface area is 158 Å². The monoisotopic (exact) mass is 371 g/mol. The van der Waals surface area contributed by atoms with Crippen molar-refractivity contribution >= 4 is 17.7 Å². The van der Waals surface area contributed by atoms with E-state index in [2.05, 4.69) is 10.6 Å². The van der Waals surface area contributed by atoms with E-state index in [-0.39, 0.29) is 36.7 Å². The fraction of sp³-hybridized carbons (Fsp3) is 0.550. The van der Waals surface area contributed by atoms with Crippen molar-refractivity contribution in [3.05, 3.63) is 29.8 Å². The number of likely N-dealkylation sites (tertiary alicyclic amines) is 1. The number of amides is 3. The maximum Gasteiger partial charge on any atom is 0.258 e. The first-order chi connectivity index (χ1) is 13.0. The third-order valence-corrected chi connectivity index (χ3v) is 5.71. The summed E-state index contributed by atoms with van der Waals surface area (Å²) in [7, 11) is 0. The van der Waals surface area contributed by atoms with Crippen molar-refractivity contribution in [1.29, 1.82) is 0 Å². The molecular weight excluding hydrogens is 346 g/mol. The minimum Gasteiger partial charge on any atom is -0.467 e. The van der Waals surface area contributed by atoms with E-state index in [1.165, 1.54) is 0 Å². The Kier molecular flexibility index (Phi) is 4.76. The Morgan fingerprint density at radius 1 is 1.22 bits per heavy atom. The first-order valence-electron chi connectivity index (χ1n) is 9.72. The van der Waals surface area contributed by atoms with Gasteiger partial charge in [-0.3, -0.25) is 14.4 Å². The van der Waals surface area contributed by atoms with Crippen LogP contribution in [0.2, 0.25) is 0 Å². The number of hydrogen-bond donors (Lipinski definition) is 2. The molecule has 3 amide bonds. The molecule has 2 N–H and O–H groups in total. The third kappa shape index (κ3) is 3.77. The zero-order valence-corrected chi connectivity index (χ0v) is 15.3. The largest absolute Gasteiger partial charge is 0.467 e. The summed E-state index contributed by atoms with van der Waals surface area (Å²) in [5.41, 5.74) is -0.385. The van der Waals surface area contributed by atoms with Crippen LogP contribution in [-0.2, 0) is 9.59 Å². The quantitative estimate of drug-likeness (QED) is 0.844. The van der Waals surface area contributed by atoms with Gasteiger partial charge in [0.05, 0.1) is 12.1 Å². The normalized spacial score (nSPS) is 25.6. The molecule has 144 valence electrons. The van der Waals surface area contributed by atoms with Crippen molar-refractivity contribution in [2.75, 3.05) is 13.1 Å². The molecule has 0 unspecified atom stereocenters.